The number of benzene rings is 2. The van der Waals surface area contributed by atoms with E-state index < -0.39 is 17.5 Å². The number of hydrogen-bond donors (Lipinski definition) is 0. The van der Waals surface area contributed by atoms with Crippen LogP contribution in [0.15, 0.2) is 30.3 Å². The summed E-state index contributed by atoms with van der Waals surface area (Å²) in [6, 6.07) is 9.61. The molecule has 2 aromatic carbocycles. The number of nitrogens with zero attached hydrogens (tertiary/aromatic N) is 3. The fourth-order valence-electron chi connectivity index (χ4n) is 5.43. The van der Waals surface area contributed by atoms with E-state index in [-0.39, 0.29) is 11.0 Å². The average molecular weight is 427 g/mol. The van der Waals surface area contributed by atoms with Gasteiger partial charge in [-0.2, -0.15) is 5.26 Å². The lowest BCUT2D eigenvalue weighted by molar-refractivity contribution is 0.106. The van der Waals surface area contributed by atoms with E-state index in [1.54, 1.807) is 6.07 Å². The molecule has 1 saturated heterocycles. The van der Waals surface area contributed by atoms with Crippen LogP contribution in [0.1, 0.15) is 36.8 Å². The minimum atomic E-state index is -0.857. The summed E-state index contributed by atoms with van der Waals surface area (Å²) in [4.78, 5) is 4.65. The van der Waals surface area contributed by atoms with Crippen LogP contribution in [0.4, 0.5) is 18.9 Å². The number of halogens is 3. The minimum Gasteiger partial charge on any atom is -0.492 e. The van der Waals surface area contributed by atoms with E-state index in [9.17, 15) is 13.2 Å². The van der Waals surface area contributed by atoms with Gasteiger partial charge in [0.05, 0.1) is 12.2 Å². The van der Waals surface area contributed by atoms with Crippen molar-refractivity contribution in [2.45, 2.75) is 37.1 Å². The molecule has 2 aliphatic heterocycles. The molecule has 1 aliphatic carbocycles. The molecule has 2 aromatic rings. The zero-order valence-corrected chi connectivity index (χ0v) is 17.2. The Hall–Kier alpha value is -2.72. The maximum absolute atomic E-state index is 14.0. The molecule has 162 valence electrons. The highest BCUT2D eigenvalue weighted by atomic mass is 19.2. The molecule has 0 amide bonds. The van der Waals surface area contributed by atoms with Crippen molar-refractivity contribution in [3.63, 3.8) is 0 Å². The lowest BCUT2D eigenvalue weighted by atomic mass is 9.69. The number of hydrogen-bond acceptors (Lipinski definition) is 4. The summed E-state index contributed by atoms with van der Waals surface area (Å²) in [6.45, 7) is 3.90. The predicted molar refractivity (Wildman–Crippen MR) is 111 cm³/mol. The lowest BCUT2D eigenvalue weighted by Gasteiger charge is -2.44. The highest BCUT2D eigenvalue weighted by molar-refractivity contribution is 5.51. The summed E-state index contributed by atoms with van der Waals surface area (Å²) in [7, 11) is 0. The molecule has 0 bridgehead atoms. The van der Waals surface area contributed by atoms with Gasteiger partial charge in [-0.05, 0) is 49.9 Å². The molecule has 1 saturated carbocycles. The fourth-order valence-corrected chi connectivity index (χ4v) is 5.43. The largest absolute Gasteiger partial charge is 0.492 e. The molecule has 4 nitrogen and oxygen atoms in total. The number of fused-ring (bicyclic) bond motifs is 2. The van der Waals surface area contributed by atoms with Crippen LogP contribution in [0.25, 0.3) is 0 Å². The topological polar surface area (TPSA) is 39.5 Å². The third-order valence-electron chi connectivity index (χ3n) is 7.28. The maximum Gasteiger partial charge on any atom is 0.162 e. The van der Waals surface area contributed by atoms with Crippen molar-refractivity contribution >= 4 is 5.69 Å². The van der Waals surface area contributed by atoms with Crippen molar-refractivity contribution in [2.75, 3.05) is 37.7 Å². The van der Waals surface area contributed by atoms with Crippen LogP contribution in [0, 0.1) is 28.8 Å². The molecule has 1 spiro atoms. The first-order chi connectivity index (χ1) is 15.0. The zero-order valence-electron chi connectivity index (χ0n) is 17.2. The van der Waals surface area contributed by atoms with Gasteiger partial charge in [-0.3, -0.25) is 4.90 Å². The van der Waals surface area contributed by atoms with Crippen molar-refractivity contribution in [1.82, 2.24) is 4.90 Å². The molecule has 0 atom stereocenters. The van der Waals surface area contributed by atoms with Crippen LogP contribution in [0.5, 0.6) is 5.75 Å². The summed E-state index contributed by atoms with van der Waals surface area (Å²) in [5.74, 6) is -1.65. The Kier molecular flexibility index (Phi) is 5.05. The molecule has 0 N–H and O–H groups in total. The molecule has 0 radical (unpaired) electrons. The Morgan fingerprint density at radius 1 is 0.935 bits per heavy atom. The Labute approximate surface area is 179 Å². The van der Waals surface area contributed by atoms with Crippen LogP contribution in [0.2, 0.25) is 0 Å². The smallest absolute Gasteiger partial charge is 0.162 e. The number of ether oxygens (including phenoxy) is 1. The number of piperazine rings is 1. The molecule has 3 aliphatic rings. The third-order valence-corrected chi connectivity index (χ3v) is 7.28. The van der Waals surface area contributed by atoms with Gasteiger partial charge in [-0.15, -0.1) is 0 Å². The van der Waals surface area contributed by atoms with Crippen LogP contribution in [-0.2, 0) is 5.41 Å². The molecule has 2 heterocycles. The minimum absolute atomic E-state index is 0.0682. The highest BCUT2D eigenvalue weighted by Crippen LogP contribution is 2.49. The summed E-state index contributed by atoms with van der Waals surface area (Å²) < 4.78 is 47.1. The summed E-state index contributed by atoms with van der Waals surface area (Å²) in [6.07, 6.45) is 3.79. The second kappa shape index (κ2) is 7.76. The van der Waals surface area contributed by atoms with Gasteiger partial charge < -0.3 is 9.64 Å². The van der Waals surface area contributed by atoms with E-state index in [0.29, 0.717) is 18.4 Å². The van der Waals surface area contributed by atoms with Gasteiger partial charge in [0.15, 0.2) is 11.6 Å². The molecular weight excluding hydrogens is 403 g/mol. The van der Waals surface area contributed by atoms with Crippen molar-refractivity contribution in [3.05, 3.63) is 58.9 Å². The van der Waals surface area contributed by atoms with Gasteiger partial charge in [-0.1, -0.05) is 0 Å². The van der Waals surface area contributed by atoms with Gasteiger partial charge in [-0.25, -0.2) is 13.2 Å². The van der Waals surface area contributed by atoms with Gasteiger partial charge in [0.1, 0.15) is 17.6 Å². The zero-order chi connectivity index (χ0) is 21.6. The Bertz CT molecular complexity index is 1040. The molecule has 2 fully saturated rings. The quantitative estimate of drug-likeness (QED) is 0.714. The monoisotopic (exact) mass is 427 g/mol. The van der Waals surface area contributed by atoms with Crippen molar-refractivity contribution in [1.29, 1.82) is 5.26 Å². The Morgan fingerprint density at radius 2 is 1.65 bits per heavy atom. The van der Waals surface area contributed by atoms with E-state index in [1.165, 1.54) is 24.3 Å². The summed E-state index contributed by atoms with van der Waals surface area (Å²) >= 11 is 0. The lowest BCUT2D eigenvalue weighted by Crippen LogP contribution is -2.52. The third kappa shape index (κ3) is 3.53. The molecule has 0 aromatic heterocycles. The van der Waals surface area contributed by atoms with Crippen molar-refractivity contribution in [3.8, 4) is 11.8 Å². The van der Waals surface area contributed by atoms with E-state index in [0.717, 1.165) is 63.1 Å². The second-order valence-electron chi connectivity index (χ2n) is 8.86. The molecule has 5 rings (SSSR count). The molecule has 31 heavy (non-hydrogen) atoms. The van der Waals surface area contributed by atoms with Gasteiger partial charge in [0, 0.05) is 55.0 Å². The van der Waals surface area contributed by atoms with E-state index in [2.05, 4.69) is 9.80 Å². The van der Waals surface area contributed by atoms with E-state index in [4.69, 9.17) is 10.00 Å². The maximum atomic E-state index is 14.0. The standard InChI is InChI=1S/C24H24F3N3O/c25-20-11-18(2-1-16(20)14-28)30-9-7-29(8-10-30)17-3-5-24(6-4-17)15-31-23-13-22(27)21(26)12-19(23)24/h1-2,11-13,17H,3-10,15H2. The van der Waals surface area contributed by atoms with Gasteiger partial charge in [0.25, 0.3) is 0 Å². The molecular formula is C24H24F3N3O. The summed E-state index contributed by atoms with van der Waals surface area (Å²) in [5, 5.41) is 8.90. The normalized spacial score (nSPS) is 25.9. The van der Waals surface area contributed by atoms with Crippen molar-refractivity contribution < 1.29 is 17.9 Å². The molecule has 7 heteroatoms. The number of anilines is 1. The Balaban J connectivity index is 1.20. The van der Waals surface area contributed by atoms with Crippen LogP contribution < -0.4 is 9.64 Å². The van der Waals surface area contributed by atoms with Gasteiger partial charge in [0.2, 0.25) is 0 Å². The van der Waals surface area contributed by atoms with Crippen LogP contribution in [0.3, 0.4) is 0 Å². The summed E-state index contributed by atoms with van der Waals surface area (Å²) in [5.41, 5.74) is 1.49. The second-order valence-corrected chi connectivity index (χ2v) is 8.86. The Morgan fingerprint density at radius 3 is 2.32 bits per heavy atom. The predicted octanol–water partition coefficient (Wildman–Crippen LogP) is 4.37. The van der Waals surface area contributed by atoms with E-state index in [1.807, 2.05) is 6.07 Å². The van der Waals surface area contributed by atoms with Crippen LogP contribution >= 0.6 is 0 Å². The molecule has 0 unspecified atom stereocenters. The SMILES string of the molecule is N#Cc1ccc(N2CCN(C3CCC4(CC3)COc3cc(F)c(F)cc34)CC2)cc1F. The van der Waals surface area contributed by atoms with Gasteiger partial charge >= 0.3 is 0 Å². The van der Waals surface area contributed by atoms with Crippen LogP contribution in [-0.4, -0.2) is 43.7 Å². The highest BCUT2D eigenvalue weighted by Gasteiger charge is 2.45. The van der Waals surface area contributed by atoms with Crippen molar-refractivity contribution in [2.24, 2.45) is 0 Å². The first kappa shape index (κ1) is 20.2. The fraction of sp³-hybridized carbons (Fsp3) is 0.458. The number of rotatable bonds is 2. The first-order valence-electron chi connectivity index (χ1n) is 10.8. The van der Waals surface area contributed by atoms with E-state index >= 15 is 0 Å². The first-order valence-corrected chi connectivity index (χ1v) is 10.8. The average Bonchev–Trinajstić information content (AvgIpc) is 3.11. The number of nitriles is 1.